The molecule has 11 nitrogen and oxygen atoms in total. The maximum atomic E-state index is 14.5. The average Bonchev–Trinajstić information content (AvgIpc) is 3.62. The molecule has 0 aromatic carbocycles. The van der Waals surface area contributed by atoms with Gasteiger partial charge in [-0.15, -0.1) is 0 Å². The van der Waals surface area contributed by atoms with Crippen LogP contribution in [0.4, 0.5) is 10.6 Å². The molecule has 6 rings (SSSR count). The molecule has 11 heteroatoms. The molecule has 48 heavy (non-hydrogen) atoms. The maximum Gasteiger partial charge on any atom is 0.407 e. The van der Waals surface area contributed by atoms with Crippen molar-refractivity contribution >= 4 is 17.8 Å². The van der Waals surface area contributed by atoms with Crippen LogP contribution in [-0.4, -0.2) is 81.2 Å². The molecule has 4 heterocycles. The van der Waals surface area contributed by atoms with Crippen LogP contribution in [0.15, 0.2) is 42.9 Å². The van der Waals surface area contributed by atoms with Crippen molar-refractivity contribution < 1.29 is 24.2 Å². The fraction of sp³-hybridized carbons (Fsp3) is 0.595. The Balaban J connectivity index is 1.17. The highest BCUT2D eigenvalue weighted by Gasteiger charge is 2.37. The van der Waals surface area contributed by atoms with E-state index >= 15 is 0 Å². The van der Waals surface area contributed by atoms with Crippen LogP contribution in [0.25, 0.3) is 11.1 Å². The van der Waals surface area contributed by atoms with Crippen LogP contribution < -0.4 is 9.64 Å². The number of aryl methyl sites for hydroxylation is 1. The van der Waals surface area contributed by atoms with Gasteiger partial charge in [0.1, 0.15) is 11.6 Å². The molecule has 0 radical (unpaired) electrons. The summed E-state index contributed by atoms with van der Waals surface area (Å²) < 4.78 is 13.4. The summed E-state index contributed by atoms with van der Waals surface area (Å²) >= 11 is 0. The summed E-state index contributed by atoms with van der Waals surface area (Å²) in [5.41, 5.74) is 4.05. The summed E-state index contributed by atoms with van der Waals surface area (Å²) in [6.07, 6.45) is 12.1. The number of methoxy groups -OCH3 is 1. The number of hydrogen-bond acceptors (Lipinski definition) is 7. The Morgan fingerprint density at radius 3 is 2.50 bits per heavy atom. The minimum Gasteiger partial charge on any atom is -0.495 e. The standard InChI is InChI=1S/C37H50N6O5/c1-24(2)43-22-31(20-39-43)30-15-16-38-35(19-30)42(21-26-5-7-27(8-6-26)32-13-14-33(47-4)25(3)40-32)36(44)29-11-9-28(10-12-29)34-23-41(37(45)46)17-18-48-34/h13-16,19-20,22,24,26-29,34H,5-12,17-18,21,23H2,1-4H3,(H,45,46). The van der Waals surface area contributed by atoms with Gasteiger partial charge in [0.25, 0.3) is 0 Å². The molecule has 2 saturated carbocycles. The first kappa shape index (κ1) is 33.9. The van der Waals surface area contributed by atoms with E-state index < -0.39 is 6.09 Å². The third kappa shape index (κ3) is 7.66. The van der Waals surface area contributed by atoms with Gasteiger partial charge < -0.3 is 19.5 Å². The molecule has 3 fully saturated rings. The second kappa shape index (κ2) is 15.1. The molecular formula is C37H50N6O5. The summed E-state index contributed by atoms with van der Waals surface area (Å²) in [7, 11) is 1.68. The van der Waals surface area contributed by atoms with Crippen molar-refractivity contribution in [1.82, 2.24) is 24.6 Å². The summed E-state index contributed by atoms with van der Waals surface area (Å²) in [6, 6.07) is 8.39. The zero-order valence-corrected chi connectivity index (χ0v) is 28.8. The first-order chi connectivity index (χ1) is 23.2. The van der Waals surface area contributed by atoms with Gasteiger partial charge in [-0.05, 0) is 114 Å². The molecule has 2 amide bonds. The first-order valence-electron chi connectivity index (χ1n) is 17.6. The smallest absolute Gasteiger partial charge is 0.407 e. The number of amides is 2. The quantitative estimate of drug-likeness (QED) is 0.269. The topological polar surface area (TPSA) is 123 Å². The van der Waals surface area contributed by atoms with E-state index in [1.807, 2.05) is 47.1 Å². The molecule has 1 aliphatic heterocycles. The zero-order valence-electron chi connectivity index (χ0n) is 28.8. The molecule has 0 bridgehead atoms. The van der Waals surface area contributed by atoms with Crippen LogP contribution in [-0.2, 0) is 9.53 Å². The van der Waals surface area contributed by atoms with E-state index in [2.05, 4.69) is 25.0 Å². The Kier molecular flexibility index (Phi) is 10.6. The van der Waals surface area contributed by atoms with Gasteiger partial charge in [-0.2, -0.15) is 5.10 Å². The molecular weight excluding hydrogens is 608 g/mol. The number of ether oxygens (including phenoxy) is 2. The molecule has 2 aliphatic carbocycles. The molecule has 1 atom stereocenters. The Morgan fingerprint density at radius 1 is 1.06 bits per heavy atom. The molecule has 1 N–H and O–H groups in total. The molecule has 0 spiro atoms. The van der Waals surface area contributed by atoms with Crippen molar-refractivity contribution in [3.8, 4) is 16.9 Å². The van der Waals surface area contributed by atoms with E-state index in [-0.39, 0.29) is 29.9 Å². The number of morpholine rings is 1. The lowest BCUT2D eigenvalue weighted by atomic mass is 9.77. The summed E-state index contributed by atoms with van der Waals surface area (Å²) in [5, 5.41) is 14.0. The van der Waals surface area contributed by atoms with E-state index in [1.165, 1.54) is 4.90 Å². The van der Waals surface area contributed by atoms with Crippen molar-refractivity contribution in [3.05, 3.63) is 54.2 Å². The fourth-order valence-electron chi connectivity index (χ4n) is 7.81. The minimum absolute atomic E-state index is 0.0997. The Hall–Kier alpha value is -3.99. The highest BCUT2D eigenvalue weighted by molar-refractivity contribution is 5.94. The number of aromatic nitrogens is 4. The number of rotatable bonds is 9. The lowest BCUT2D eigenvalue weighted by Crippen LogP contribution is -2.49. The summed E-state index contributed by atoms with van der Waals surface area (Å²) in [6.45, 7) is 8.09. The monoisotopic (exact) mass is 658 g/mol. The largest absolute Gasteiger partial charge is 0.495 e. The van der Waals surface area contributed by atoms with Gasteiger partial charge in [0.2, 0.25) is 5.91 Å². The zero-order chi connectivity index (χ0) is 33.8. The van der Waals surface area contributed by atoms with Gasteiger partial charge in [-0.1, -0.05) is 0 Å². The molecule has 1 saturated heterocycles. The molecule has 3 aromatic rings. The van der Waals surface area contributed by atoms with Crippen LogP contribution in [0.2, 0.25) is 0 Å². The van der Waals surface area contributed by atoms with Gasteiger partial charge in [-0.3, -0.25) is 19.4 Å². The average molecular weight is 659 g/mol. The van der Waals surface area contributed by atoms with E-state index in [9.17, 15) is 14.7 Å². The Labute approximate surface area is 283 Å². The lowest BCUT2D eigenvalue weighted by Gasteiger charge is -2.39. The molecule has 258 valence electrons. The van der Waals surface area contributed by atoms with Crippen molar-refractivity contribution in [2.24, 2.45) is 17.8 Å². The number of carbonyl (C=O) groups excluding carboxylic acids is 1. The summed E-state index contributed by atoms with van der Waals surface area (Å²) in [5.74, 6) is 2.58. The normalized spacial score (nSPS) is 24.8. The number of carboxylic acid groups (broad SMARTS) is 1. The van der Waals surface area contributed by atoms with Crippen molar-refractivity contribution in [3.63, 3.8) is 0 Å². The fourth-order valence-corrected chi connectivity index (χ4v) is 7.81. The van der Waals surface area contributed by atoms with Crippen LogP contribution in [0.1, 0.15) is 88.6 Å². The van der Waals surface area contributed by atoms with E-state index in [0.717, 1.165) is 79.6 Å². The first-order valence-corrected chi connectivity index (χ1v) is 17.6. The predicted octanol–water partition coefficient (Wildman–Crippen LogP) is 6.73. The van der Waals surface area contributed by atoms with Crippen molar-refractivity contribution in [1.29, 1.82) is 0 Å². The van der Waals surface area contributed by atoms with Crippen LogP contribution in [0.5, 0.6) is 5.75 Å². The number of hydrogen-bond donors (Lipinski definition) is 1. The van der Waals surface area contributed by atoms with E-state index in [1.54, 1.807) is 13.3 Å². The third-order valence-corrected chi connectivity index (χ3v) is 10.7. The number of pyridine rings is 2. The third-order valence-electron chi connectivity index (χ3n) is 10.7. The SMILES string of the molecule is COc1ccc(C2CCC(CN(C(=O)C3CCC(C4CN(C(=O)O)CCO4)CC3)c3cc(-c4cnn(C(C)C)c4)ccn3)CC2)nc1C. The van der Waals surface area contributed by atoms with Gasteiger partial charge in [-0.25, -0.2) is 9.78 Å². The summed E-state index contributed by atoms with van der Waals surface area (Å²) in [4.78, 5) is 39.1. The molecule has 3 aromatic heterocycles. The highest BCUT2D eigenvalue weighted by atomic mass is 16.5. The minimum atomic E-state index is -0.890. The molecule has 3 aliphatic rings. The second-order valence-corrected chi connectivity index (χ2v) is 14.1. The Morgan fingerprint density at radius 2 is 1.83 bits per heavy atom. The number of carbonyl (C=O) groups is 2. The van der Waals surface area contributed by atoms with Gasteiger partial charge in [0.15, 0.2) is 0 Å². The second-order valence-electron chi connectivity index (χ2n) is 14.1. The van der Waals surface area contributed by atoms with E-state index in [4.69, 9.17) is 19.4 Å². The lowest BCUT2D eigenvalue weighted by molar-refractivity contribution is -0.124. The molecule has 1 unspecified atom stereocenters. The van der Waals surface area contributed by atoms with Gasteiger partial charge in [0.05, 0.1) is 38.3 Å². The Bertz CT molecular complexity index is 1560. The van der Waals surface area contributed by atoms with Gasteiger partial charge in [0, 0.05) is 54.6 Å². The van der Waals surface area contributed by atoms with Crippen LogP contribution >= 0.6 is 0 Å². The highest BCUT2D eigenvalue weighted by Crippen LogP contribution is 2.39. The number of nitrogens with zero attached hydrogens (tertiary/aromatic N) is 6. The van der Waals surface area contributed by atoms with Crippen molar-refractivity contribution in [2.75, 3.05) is 38.3 Å². The van der Waals surface area contributed by atoms with Crippen LogP contribution in [0.3, 0.4) is 0 Å². The van der Waals surface area contributed by atoms with Crippen LogP contribution in [0, 0.1) is 24.7 Å². The van der Waals surface area contributed by atoms with Gasteiger partial charge >= 0.3 is 6.09 Å². The van der Waals surface area contributed by atoms with Crippen molar-refractivity contribution in [2.45, 2.75) is 90.2 Å². The predicted molar refractivity (Wildman–Crippen MR) is 183 cm³/mol. The maximum absolute atomic E-state index is 14.5. The number of anilines is 1. The van der Waals surface area contributed by atoms with E-state index in [0.29, 0.717) is 43.9 Å².